The van der Waals surface area contributed by atoms with Gasteiger partial charge in [-0.3, -0.25) is 9.48 Å². The first kappa shape index (κ1) is 16.5. The molecule has 0 aromatic carbocycles. The summed E-state index contributed by atoms with van der Waals surface area (Å²) in [5.74, 6) is -0.355. The van der Waals surface area contributed by atoms with E-state index in [0.29, 0.717) is 23.7 Å². The zero-order chi connectivity index (χ0) is 17.3. The van der Waals surface area contributed by atoms with Gasteiger partial charge in [0.1, 0.15) is 10.6 Å². The summed E-state index contributed by atoms with van der Waals surface area (Å²) in [5.41, 5.74) is 0.187. The second-order valence-corrected chi connectivity index (χ2v) is 7.05. The van der Waals surface area contributed by atoms with Crippen LogP contribution >= 0.6 is 11.3 Å². The van der Waals surface area contributed by atoms with Crippen LogP contribution in [0.2, 0.25) is 0 Å². The number of aryl methyl sites for hydroxylation is 1. The molecule has 7 nitrogen and oxygen atoms in total. The Hall–Kier alpha value is -2.35. The number of rotatable bonds is 4. The summed E-state index contributed by atoms with van der Waals surface area (Å²) in [6, 6.07) is 2.00. The Morgan fingerprint density at radius 2 is 2.08 bits per heavy atom. The SMILES string of the molecule is COc1cc(C)sc1C(=O)N1CCC(n2cc(C(=O)O)cn2)CC1. The van der Waals surface area contributed by atoms with Crippen molar-refractivity contribution in [3.8, 4) is 5.75 Å². The highest BCUT2D eigenvalue weighted by Gasteiger charge is 2.28. The molecule has 3 rings (SSSR count). The van der Waals surface area contributed by atoms with E-state index in [-0.39, 0.29) is 17.5 Å². The van der Waals surface area contributed by atoms with Crippen LogP contribution in [0, 0.1) is 6.92 Å². The van der Waals surface area contributed by atoms with Crippen LogP contribution in [-0.4, -0.2) is 51.9 Å². The number of aromatic carboxylic acids is 1. The largest absolute Gasteiger partial charge is 0.495 e. The number of hydrogen-bond acceptors (Lipinski definition) is 5. The summed E-state index contributed by atoms with van der Waals surface area (Å²) in [6.45, 7) is 3.19. The van der Waals surface area contributed by atoms with Crippen LogP contribution in [0.5, 0.6) is 5.75 Å². The van der Waals surface area contributed by atoms with Crippen LogP contribution in [0.15, 0.2) is 18.5 Å². The summed E-state index contributed by atoms with van der Waals surface area (Å²) in [6.07, 6.45) is 4.41. The molecular formula is C16H19N3O4S. The van der Waals surface area contributed by atoms with E-state index in [1.54, 1.807) is 18.0 Å². The van der Waals surface area contributed by atoms with Crippen LogP contribution in [-0.2, 0) is 0 Å². The van der Waals surface area contributed by atoms with E-state index >= 15 is 0 Å². The summed E-state index contributed by atoms with van der Waals surface area (Å²) in [4.78, 5) is 27.1. The van der Waals surface area contributed by atoms with Crippen LogP contribution in [0.4, 0.5) is 0 Å². The smallest absolute Gasteiger partial charge is 0.338 e. The molecule has 1 aliphatic heterocycles. The Bertz CT molecular complexity index is 759. The second kappa shape index (κ2) is 6.64. The van der Waals surface area contributed by atoms with Crippen LogP contribution < -0.4 is 4.74 Å². The van der Waals surface area contributed by atoms with Gasteiger partial charge in [-0.2, -0.15) is 5.10 Å². The van der Waals surface area contributed by atoms with Crippen molar-refractivity contribution in [3.63, 3.8) is 0 Å². The average Bonchev–Trinajstić information content (AvgIpc) is 3.21. The number of carboxylic acids is 1. The highest BCUT2D eigenvalue weighted by atomic mass is 32.1. The fraction of sp³-hybridized carbons (Fsp3) is 0.438. The highest BCUT2D eigenvalue weighted by molar-refractivity contribution is 7.14. The van der Waals surface area contributed by atoms with Gasteiger partial charge in [0.15, 0.2) is 0 Å². The molecule has 0 radical (unpaired) electrons. The molecule has 0 aliphatic carbocycles. The van der Waals surface area contributed by atoms with Gasteiger partial charge in [-0.25, -0.2) is 4.79 Å². The third kappa shape index (κ3) is 3.14. The predicted octanol–water partition coefficient (Wildman–Crippen LogP) is 2.44. The number of aromatic nitrogens is 2. The molecule has 0 bridgehead atoms. The van der Waals surface area contributed by atoms with Crippen molar-refractivity contribution < 1.29 is 19.4 Å². The van der Waals surface area contributed by atoms with E-state index < -0.39 is 5.97 Å². The first-order chi connectivity index (χ1) is 11.5. The number of piperidine rings is 1. The lowest BCUT2D eigenvalue weighted by molar-refractivity contribution is 0.0689. The van der Waals surface area contributed by atoms with Gasteiger partial charge in [0.25, 0.3) is 5.91 Å². The number of carboxylic acid groups (broad SMARTS) is 1. The monoisotopic (exact) mass is 349 g/mol. The topological polar surface area (TPSA) is 84.7 Å². The Balaban J connectivity index is 1.65. The standard InChI is InChI=1S/C16H19N3O4S/c1-10-7-13(23-2)14(24-10)15(20)18-5-3-12(4-6-18)19-9-11(8-17-19)16(21)22/h7-9,12H,3-6H2,1-2H3,(H,21,22). The molecule has 2 aromatic rings. The Labute approximate surface area is 143 Å². The number of carbonyl (C=O) groups is 2. The maximum absolute atomic E-state index is 12.7. The predicted molar refractivity (Wildman–Crippen MR) is 89.0 cm³/mol. The van der Waals surface area contributed by atoms with Gasteiger partial charge in [0, 0.05) is 24.2 Å². The van der Waals surface area contributed by atoms with Crippen molar-refractivity contribution in [3.05, 3.63) is 33.8 Å². The summed E-state index contributed by atoms with van der Waals surface area (Å²) < 4.78 is 6.98. The van der Waals surface area contributed by atoms with Crippen LogP contribution in [0.1, 0.15) is 43.8 Å². The minimum Gasteiger partial charge on any atom is -0.495 e. The number of carbonyl (C=O) groups excluding carboxylic acids is 1. The average molecular weight is 349 g/mol. The Morgan fingerprint density at radius 3 is 2.67 bits per heavy atom. The molecule has 24 heavy (non-hydrogen) atoms. The minimum atomic E-state index is -0.978. The highest BCUT2D eigenvalue weighted by Crippen LogP contribution is 2.31. The molecular weight excluding hydrogens is 330 g/mol. The molecule has 0 unspecified atom stereocenters. The van der Waals surface area contributed by atoms with Crippen LogP contribution in [0.25, 0.3) is 0 Å². The van der Waals surface area contributed by atoms with E-state index in [0.717, 1.165) is 17.7 Å². The lowest BCUT2D eigenvalue weighted by Gasteiger charge is -2.32. The molecule has 2 aromatic heterocycles. The summed E-state index contributed by atoms with van der Waals surface area (Å²) in [5, 5.41) is 13.1. The van der Waals surface area contributed by atoms with Crippen molar-refractivity contribution in [2.75, 3.05) is 20.2 Å². The normalized spacial score (nSPS) is 15.5. The molecule has 1 amide bonds. The summed E-state index contributed by atoms with van der Waals surface area (Å²) >= 11 is 1.45. The maximum atomic E-state index is 12.7. The van der Waals surface area contributed by atoms with Crippen molar-refractivity contribution in [1.29, 1.82) is 0 Å². The van der Waals surface area contributed by atoms with Gasteiger partial charge in [-0.05, 0) is 25.8 Å². The molecule has 1 N–H and O–H groups in total. The molecule has 0 atom stereocenters. The fourth-order valence-electron chi connectivity index (χ4n) is 2.92. The molecule has 1 saturated heterocycles. The van der Waals surface area contributed by atoms with E-state index in [1.807, 2.05) is 17.9 Å². The fourth-order valence-corrected chi connectivity index (χ4v) is 3.86. The third-order valence-electron chi connectivity index (χ3n) is 4.21. The lowest BCUT2D eigenvalue weighted by Crippen LogP contribution is -2.39. The zero-order valence-corrected chi connectivity index (χ0v) is 14.4. The Kier molecular flexibility index (Phi) is 4.57. The lowest BCUT2D eigenvalue weighted by atomic mass is 10.1. The van der Waals surface area contributed by atoms with E-state index in [9.17, 15) is 9.59 Å². The third-order valence-corrected chi connectivity index (χ3v) is 5.23. The van der Waals surface area contributed by atoms with Gasteiger partial charge in [-0.1, -0.05) is 0 Å². The molecule has 1 aliphatic rings. The number of thiophene rings is 1. The summed E-state index contributed by atoms with van der Waals surface area (Å²) in [7, 11) is 1.57. The molecule has 0 saturated carbocycles. The molecule has 128 valence electrons. The van der Waals surface area contributed by atoms with Gasteiger partial charge in [0.05, 0.1) is 24.9 Å². The quantitative estimate of drug-likeness (QED) is 0.916. The number of amides is 1. The first-order valence-corrected chi connectivity index (χ1v) is 8.52. The molecule has 1 fully saturated rings. The minimum absolute atomic E-state index is 0.00455. The number of hydrogen-bond donors (Lipinski definition) is 1. The molecule has 3 heterocycles. The second-order valence-electron chi connectivity index (χ2n) is 5.79. The van der Waals surface area contributed by atoms with E-state index in [4.69, 9.17) is 9.84 Å². The van der Waals surface area contributed by atoms with Gasteiger partial charge >= 0.3 is 5.97 Å². The molecule has 8 heteroatoms. The number of methoxy groups -OCH3 is 1. The van der Waals surface area contributed by atoms with Gasteiger partial charge in [0.2, 0.25) is 0 Å². The number of ether oxygens (including phenoxy) is 1. The van der Waals surface area contributed by atoms with Gasteiger partial charge < -0.3 is 14.7 Å². The van der Waals surface area contributed by atoms with Gasteiger partial charge in [-0.15, -0.1) is 11.3 Å². The van der Waals surface area contributed by atoms with Crippen molar-refractivity contribution >= 4 is 23.2 Å². The maximum Gasteiger partial charge on any atom is 0.338 e. The van der Waals surface area contributed by atoms with Crippen molar-refractivity contribution in [2.45, 2.75) is 25.8 Å². The van der Waals surface area contributed by atoms with Crippen molar-refractivity contribution in [1.82, 2.24) is 14.7 Å². The Morgan fingerprint density at radius 1 is 1.38 bits per heavy atom. The number of likely N-dealkylation sites (tertiary alicyclic amines) is 1. The van der Waals surface area contributed by atoms with Crippen LogP contribution in [0.3, 0.4) is 0 Å². The molecule has 0 spiro atoms. The van der Waals surface area contributed by atoms with E-state index in [2.05, 4.69) is 5.10 Å². The zero-order valence-electron chi connectivity index (χ0n) is 13.6. The first-order valence-electron chi connectivity index (χ1n) is 7.70. The van der Waals surface area contributed by atoms with E-state index in [1.165, 1.54) is 17.5 Å². The van der Waals surface area contributed by atoms with Crippen molar-refractivity contribution in [2.24, 2.45) is 0 Å². The number of nitrogens with zero attached hydrogens (tertiary/aromatic N) is 3.